The number of nitrogens with one attached hydrogen (secondary N) is 3. The van der Waals surface area contributed by atoms with Gasteiger partial charge >= 0.3 is 12.1 Å². The minimum atomic E-state index is -0.586. The van der Waals surface area contributed by atoms with Crippen LogP contribution in [0.25, 0.3) is 0 Å². The summed E-state index contributed by atoms with van der Waals surface area (Å²) in [5.74, 6) is 0. The molecule has 0 spiro atoms. The first kappa shape index (κ1) is 17.7. The number of hydrogen-bond donors (Lipinski definition) is 3. The molecule has 7 heteroatoms. The van der Waals surface area contributed by atoms with Crippen LogP contribution in [0.4, 0.5) is 9.59 Å². The van der Waals surface area contributed by atoms with Gasteiger partial charge in [0.15, 0.2) is 6.29 Å². The van der Waals surface area contributed by atoms with E-state index < -0.39 is 6.29 Å². The number of carbonyl (C=O) groups is 2. The number of benzene rings is 1. The quantitative estimate of drug-likeness (QED) is 0.762. The Bertz CT molecular complexity index is 595. The topological polar surface area (TPSA) is 82.7 Å². The molecule has 2 aliphatic heterocycles. The normalized spacial score (nSPS) is 21.0. The highest BCUT2D eigenvalue weighted by molar-refractivity contribution is 5.96. The smallest absolute Gasteiger partial charge is 0.328 e. The highest BCUT2D eigenvalue weighted by atomic mass is 16.5. The van der Waals surface area contributed by atoms with Crippen molar-refractivity contribution in [3.05, 3.63) is 35.4 Å². The van der Waals surface area contributed by atoms with Crippen LogP contribution in [-0.4, -0.2) is 42.5 Å². The predicted molar refractivity (Wildman–Crippen MR) is 93.9 cm³/mol. The summed E-state index contributed by atoms with van der Waals surface area (Å²) in [7, 11) is 0. The fourth-order valence-corrected chi connectivity index (χ4v) is 3.26. The molecule has 25 heavy (non-hydrogen) atoms. The molecule has 1 aromatic rings. The van der Waals surface area contributed by atoms with Gasteiger partial charge < -0.3 is 15.4 Å². The average Bonchev–Trinajstić information content (AvgIpc) is 2.62. The second kappa shape index (κ2) is 7.84. The maximum Gasteiger partial charge on any atom is 0.328 e. The van der Waals surface area contributed by atoms with Crippen LogP contribution in [-0.2, 0) is 11.2 Å². The van der Waals surface area contributed by atoms with Crippen molar-refractivity contribution < 1.29 is 14.3 Å². The monoisotopic (exact) mass is 346 g/mol. The molecule has 0 bridgehead atoms. The Morgan fingerprint density at radius 2 is 1.76 bits per heavy atom. The van der Waals surface area contributed by atoms with Crippen LogP contribution in [0.1, 0.15) is 43.9 Å². The van der Waals surface area contributed by atoms with Crippen molar-refractivity contribution in [1.29, 1.82) is 0 Å². The summed E-state index contributed by atoms with van der Waals surface area (Å²) >= 11 is 0. The summed E-state index contributed by atoms with van der Waals surface area (Å²) in [4.78, 5) is 26.1. The molecule has 7 nitrogen and oxygen atoms in total. The Balaban J connectivity index is 1.59. The van der Waals surface area contributed by atoms with Crippen LogP contribution in [0.3, 0.4) is 0 Å². The third kappa shape index (κ3) is 4.11. The molecule has 0 saturated carbocycles. The SMILES string of the molecule is CCc1ccc([C@H](C)NC2NC(=O)N(C3CCOCC3)C(=O)N2)cc1. The van der Waals surface area contributed by atoms with Gasteiger partial charge in [-0.1, -0.05) is 31.2 Å². The lowest BCUT2D eigenvalue weighted by Crippen LogP contribution is -2.70. The lowest BCUT2D eigenvalue weighted by atomic mass is 10.1. The van der Waals surface area contributed by atoms with Gasteiger partial charge in [0.2, 0.25) is 0 Å². The second-order valence-corrected chi connectivity index (χ2v) is 6.53. The maximum absolute atomic E-state index is 12.4. The molecule has 4 amide bonds. The molecular weight excluding hydrogens is 320 g/mol. The standard InChI is InChI=1S/C18H26N4O3/c1-3-13-4-6-14(7-5-13)12(2)19-16-20-17(23)22(18(24)21-16)15-8-10-25-11-9-15/h4-7,12,15-16,19H,3,8-11H2,1-2H3,(H,20,23)(H,21,24)/t12-/m0/s1. The molecule has 1 aromatic carbocycles. The van der Waals surface area contributed by atoms with Crippen LogP contribution < -0.4 is 16.0 Å². The molecule has 2 heterocycles. The number of urea groups is 2. The first-order chi connectivity index (χ1) is 12.1. The molecule has 3 rings (SSSR count). The molecule has 0 unspecified atom stereocenters. The Labute approximate surface area is 148 Å². The number of aryl methyl sites for hydroxylation is 1. The Morgan fingerprint density at radius 1 is 1.16 bits per heavy atom. The zero-order valence-electron chi connectivity index (χ0n) is 14.7. The minimum Gasteiger partial charge on any atom is -0.381 e. The van der Waals surface area contributed by atoms with Crippen molar-refractivity contribution in [2.45, 2.75) is 51.5 Å². The predicted octanol–water partition coefficient (Wildman–Crippen LogP) is 2.10. The fraction of sp³-hybridized carbons (Fsp3) is 0.556. The van der Waals surface area contributed by atoms with E-state index in [0.717, 1.165) is 12.0 Å². The number of imide groups is 1. The number of nitrogens with zero attached hydrogens (tertiary/aromatic N) is 1. The van der Waals surface area contributed by atoms with Gasteiger partial charge in [-0.2, -0.15) is 0 Å². The first-order valence-corrected chi connectivity index (χ1v) is 8.91. The van der Waals surface area contributed by atoms with E-state index in [-0.39, 0.29) is 24.1 Å². The van der Waals surface area contributed by atoms with Gasteiger partial charge in [0.1, 0.15) is 0 Å². The van der Waals surface area contributed by atoms with Crippen molar-refractivity contribution in [2.75, 3.05) is 13.2 Å². The highest BCUT2D eigenvalue weighted by Gasteiger charge is 2.37. The third-order valence-electron chi connectivity index (χ3n) is 4.83. The molecule has 0 aliphatic carbocycles. The summed E-state index contributed by atoms with van der Waals surface area (Å²) < 4.78 is 5.30. The van der Waals surface area contributed by atoms with E-state index in [0.29, 0.717) is 26.1 Å². The molecule has 1 atom stereocenters. The van der Waals surface area contributed by atoms with Crippen molar-refractivity contribution in [3.8, 4) is 0 Å². The van der Waals surface area contributed by atoms with E-state index in [2.05, 4.69) is 47.1 Å². The minimum absolute atomic E-state index is 0.00821. The van der Waals surface area contributed by atoms with E-state index in [1.807, 2.05) is 6.92 Å². The van der Waals surface area contributed by atoms with Crippen LogP contribution in [0.15, 0.2) is 24.3 Å². The molecule has 0 radical (unpaired) electrons. The van der Waals surface area contributed by atoms with E-state index in [1.54, 1.807) is 0 Å². The Kier molecular flexibility index (Phi) is 5.55. The second-order valence-electron chi connectivity index (χ2n) is 6.53. The van der Waals surface area contributed by atoms with Gasteiger partial charge in [-0.3, -0.25) is 5.32 Å². The molecule has 3 N–H and O–H groups in total. The van der Waals surface area contributed by atoms with Gasteiger partial charge in [0, 0.05) is 25.3 Å². The van der Waals surface area contributed by atoms with E-state index in [4.69, 9.17) is 4.74 Å². The third-order valence-corrected chi connectivity index (χ3v) is 4.83. The molecule has 0 aromatic heterocycles. The van der Waals surface area contributed by atoms with Crippen molar-refractivity contribution >= 4 is 12.1 Å². The zero-order valence-corrected chi connectivity index (χ0v) is 14.7. The van der Waals surface area contributed by atoms with Crippen molar-refractivity contribution in [2.24, 2.45) is 0 Å². The summed E-state index contributed by atoms with van der Waals surface area (Å²) in [5.41, 5.74) is 2.38. The van der Waals surface area contributed by atoms with Gasteiger partial charge in [0.05, 0.1) is 0 Å². The fourth-order valence-electron chi connectivity index (χ4n) is 3.26. The van der Waals surface area contributed by atoms with Crippen LogP contribution >= 0.6 is 0 Å². The molecule has 2 fully saturated rings. The lowest BCUT2D eigenvalue weighted by Gasteiger charge is -2.39. The van der Waals surface area contributed by atoms with Crippen LogP contribution in [0.2, 0.25) is 0 Å². The Morgan fingerprint density at radius 3 is 2.32 bits per heavy atom. The summed E-state index contributed by atoms with van der Waals surface area (Å²) in [5, 5.41) is 8.88. The van der Waals surface area contributed by atoms with Gasteiger partial charge in [0.25, 0.3) is 0 Å². The number of carbonyl (C=O) groups excluding carboxylic acids is 2. The highest BCUT2D eigenvalue weighted by Crippen LogP contribution is 2.18. The summed E-state index contributed by atoms with van der Waals surface area (Å²) in [6.45, 7) is 5.28. The van der Waals surface area contributed by atoms with E-state index in [9.17, 15) is 9.59 Å². The van der Waals surface area contributed by atoms with Crippen LogP contribution in [0, 0.1) is 0 Å². The molecule has 136 valence electrons. The van der Waals surface area contributed by atoms with E-state index >= 15 is 0 Å². The average molecular weight is 346 g/mol. The number of hydrogen-bond acceptors (Lipinski definition) is 4. The lowest BCUT2D eigenvalue weighted by molar-refractivity contribution is 0.0492. The Hall–Kier alpha value is -2.12. The number of ether oxygens (including phenoxy) is 1. The van der Waals surface area contributed by atoms with E-state index in [1.165, 1.54) is 10.5 Å². The molecule has 2 aliphatic rings. The first-order valence-electron chi connectivity index (χ1n) is 8.91. The zero-order chi connectivity index (χ0) is 17.8. The summed E-state index contributed by atoms with van der Waals surface area (Å²) in [6.07, 6.45) is 1.77. The van der Waals surface area contributed by atoms with Crippen molar-refractivity contribution in [3.63, 3.8) is 0 Å². The maximum atomic E-state index is 12.4. The number of rotatable bonds is 5. The van der Waals surface area contributed by atoms with Gasteiger partial charge in [-0.05, 0) is 37.3 Å². The van der Waals surface area contributed by atoms with Crippen molar-refractivity contribution in [1.82, 2.24) is 20.9 Å². The number of amides is 4. The molecular formula is C18H26N4O3. The molecule has 2 saturated heterocycles. The van der Waals surface area contributed by atoms with Gasteiger partial charge in [-0.25, -0.2) is 14.5 Å². The largest absolute Gasteiger partial charge is 0.381 e. The summed E-state index contributed by atoms with van der Waals surface area (Å²) in [6, 6.07) is 7.49. The van der Waals surface area contributed by atoms with Crippen LogP contribution in [0.5, 0.6) is 0 Å². The van der Waals surface area contributed by atoms with Gasteiger partial charge in [-0.15, -0.1) is 0 Å².